The highest BCUT2D eigenvalue weighted by molar-refractivity contribution is 7.89. The molecular formula is C13H23ClN2O2S. The number of halogens is 1. The summed E-state index contributed by atoms with van der Waals surface area (Å²) in [6.45, 7) is 6.47. The predicted molar refractivity (Wildman–Crippen MR) is 78.9 cm³/mol. The van der Waals surface area contributed by atoms with E-state index in [-0.39, 0.29) is 11.9 Å². The quantitative estimate of drug-likeness (QED) is 0.591. The van der Waals surface area contributed by atoms with Crippen molar-refractivity contribution in [3.8, 4) is 0 Å². The SMILES string of the molecule is CCCCCN(C(C)C)S(=O)(=O)c1c[nH]c(CCl)c1. The first-order chi connectivity index (χ1) is 8.93. The average Bonchev–Trinajstić information content (AvgIpc) is 2.83. The average molecular weight is 307 g/mol. The molecule has 6 heteroatoms. The first kappa shape index (κ1) is 16.5. The van der Waals surface area contributed by atoms with E-state index in [1.165, 1.54) is 6.20 Å². The third kappa shape index (κ3) is 4.23. The molecular weight excluding hydrogens is 284 g/mol. The zero-order valence-electron chi connectivity index (χ0n) is 11.8. The second-order valence-corrected chi connectivity index (χ2v) is 7.07. The van der Waals surface area contributed by atoms with Gasteiger partial charge in [-0.05, 0) is 26.3 Å². The monoisotopic (exact) mass is 306 g/mol. The third-order valence-electron chi connectivity index (χ3n) is 3.02. The normalized spacial score (nSPS) is 12.5. The van der Waals surface area contributed by atoms with Crippen molar-refractivity contribution in [1.29, 1.82) is 0 Å². The van der Waals surface area contributed by atoms with Crippen LogP contribution in [0.25, 0.3) is 0 Å². The van der Waals surface area contributed by atoms with Crippen LogP contribution in [-0.4, -0.2) is 30.3 Å². The largest absolute Gasteiger partial charge is 0.363 e. The number of H-pyrrole nitrogens is 1. The van der Waals surface area contributed by atoms with Crippen LogP contribution in [0.1, 0.15) is 45.7 Å². The number of nitrogens with one attached hydrogen (secondary N) is 1. The van der Waals surface area contributed by atoms with Crippen molar-refractivity contribution < 1.29 is 8.42 Å². The molecule has 1 N–H and O–H groups in total. The number of hydrogen-bond acceptors (Lipinski definition) is 2. The highest BCUT2D eigenvalue weighted by Gasteiger charge is 2.27. The van der Waals surface area contributed by atoms with E-state index in [0.717, 1.165) is 25.0 Å². The summed E-state index contributed by atoms with van der Waals surface area (Å²) in [4.78, 5) is 3.18. The zero-order valence-corrected chi connectivity index (χ0v) is 13.4. The van der Waals surface area contributed by atoms with Crippen molar-refractivity contribution in [2.45, 2.75) is 56.9 Å². The summed E-state index contributed by atoms with van der Waals surface area (Å²) in [5.74, 6) is 0.285. The van der Waals surface area contributed by atoms with Crippen molar-refractivity contribution in [3.05, 3.63) is 18.0 Å². The maximum absolute atomic E-state index is 12.6. The Kier molecular flexibility index (Phi) is 6.36. The van der Waals surface area contributed by atoms with E-state index in [9.17, 15) is 8.42 Å². The van der Waals surface area contributed by atoms with Crippen LogP contribution in [0.15, 0.2) is 17.2 Å². The summed E-state index contributed by atoms with van der Waals surface area (Å²) in [5, 5.41) is 0. The van der Waals surface area contributed by atoms with Crippen molar-refractivity contribution in [3.63, 3.8) is 0 Å². The molecule has 0 radical (unpaired) electrons. The summed E-state index contributed by atoms with van der Waals surface area (Å²) >= 11 is 5.70. The topological polar surface area (TPSA) is 53.2 Å². The van der Waals surface area contributed by atoms with E-state index in [1.807, 2.05) is 13.8 Å². The molecule has 1 aromatic rings. The van der Waals surface area contributed by atoms with Gasteiger partial charge in [0.1, 0.15) is 0 Å². The molecule has 0 unspecified atom stereocenters. The minimum Gasteiger partial charge on any atom is -0.363 e. The van der Waals surface area contributed by atoms with Gasteiger partial charge in [0.05, 0.1) is 10.8 Å². The molecule has 110 valence electrons. The molecule has 0 spiro atoms. The molecule has 0 aliphatic heterocycles. The van der Waals surface area contributed by atoms with Crippen LogP contribution in [0.5, 0.6) is 0 Å². The van der Waals surface area contributed by atoms with Gasteiger partial charge in [-0.3, -0.25) is 0 Å². The van der Waals surface area contributed by atoms with Crippen LogP contribution in [0.2, 0.25) is 0 Å². The second-order valence-electron chi connectivity index (χ2n) is 4.91. The molecule has 0 amide bonds. The molecule has 0 fully saturated rings. The molecule has 1 heterocycles. The number of nitrogens with zero attached hydrogens (tertiary/aromatic N) is 1. The fraction of sp³-hybridized carbons (Fsp3) is 0.692. The fourth-order valence-electron chi connectivity index (χ4n) is 1.95. The van der Waals surface area contributed by atoms with E-state index in [2.05, 4.69) is 11.9 Å². The minimum absolute atomic E-state index is 0.0452. The summed E-state index contributed by atoms with van der Waals surface area (Å²) in [5.41, 5.74) is 0.720. The summed E-state index contributed by atoms with van der Waals surface area (Å²) in [6.07, 6.45) is 4.52. The van der Waals surface area contributed by atoms with Gasteiger partial charge in [-0.1, -0.05) is 19.8 Å². The van der Waals surface area contributed by atoms with E-state index < -0.39 is 10.0 Å². The molecule has 0 atom stereocenters. The Balaban J connectivity index is 2.92. The van der Waals surface area contributed by atoms with E-state index >= 15 is 0 Å². The van der Waals surface area contributed by atoms with Gasteiger partial charge in [0.25, 0.3) is 0 Å². The molecule has 0 bridgehead atoms. The molecule has 0 aliphatic rings. The summed E-state index contributed by atoms with van der Waals surface area (Å²) in [6, 6.07) is 1.56. The molecule has 0 saturated carbocycles. The highest BCUT2D eigenvalue weighted by atomic mass is 35.5. The van der Waals surface area contributed by atoms with Gasteiger partial charge in [0, 0.05) is 24.5 Å². The van der Waals surface area contributed by atoms with Crippen molar-refractivity contribution in [2.75, 3.05) is 6.54 Å². The number of unbranched alkanes of at least 4 members (excludes halogenated alkanes) is 2. The first-order valence-electron chi connectivity index (χ1n) is 6.68. The molecule has 19 heavy (non-hydrogen) atoms. The van der Waals surface area contributed by atoms with E-state index in [1.54, 1.807) is 10.4 Å². The number of rotatable bonds is 8. The Morgan fingerprint density at radius 2 is 2.05 bits per heavy atom. The van der Waals surface area contributed by atoms with Crippen LogP contribution in [0.3, 0.4) is 0 Å². The van der Waals surface area contributed by atoms with Crippen LogP contribution >= 0.6 is 11.6 Å². The van der Waals surface area contributed by atoms with Gasteiger partial charge in [0.15, 0.2) is 0 Å². The molecule has 0 aromatic carbocycles. The van der Waals surface area contributed by atoms with Crippen molar-refractivity contribution in [2.24, 2.45) is 0 Å². The lowest BCUT2D eigenvalue weighted by molar-refractivity contribution is 0.345. The summed E-state index contributed by atoms with van der Waals surface area (Å²) in [7, 11) is -3.43. The highest BCUT2D eigenvalue weighted by Crippen LogP contribution is 2.20. The molecule has 1 aromatic heterocycles. The Labute approximate surface area is 121 Å². The Bertz CT molecular complexity index is 483. The fourth-order valence-corrected chi connectivity index (χ4v) is 3.80. The lowest BCUT2D eigenvalue weighted by Gasteiger charge is -2.25. The van der Waals surface area contributed by atoms with Gasteiger partial charge < -0.3 is 4.98 Å². The van der Waals surface area contributed by atoms with E-state index in [0.29, 0.717) is 11.4 Å². The molecule has 0 saturated heterocycles. The number of sulfonamides is 1. The second kappa shape index (κ2) is 7.31. The maximum atomic E-state index is 12.6. The smallest absolute Gasteiger partial charge is 0.244 e. The van der Waals surface area contributed by atoms with E-state index in [4.69, 9.17) is 11.6 Å². The molecule has 1 rings (SSSR count). The van der Waals surface area contributed by atoms with Crippen LogP contribution in [0.4, 0.5) is 0 Å². The number of aromatic nitrogens is 1. The van der Waals surface area contributed by atoms with Crippen molar-refractivity contribution in [1.82, 2.24) is 9.29 Å². The van der Waals surface area contributed by atoms with Gasteiger partial charge in [0.2, 0.25) is 10.0 Å². The number of aromatic amines is 1. The Morgan fingerprint density at radius 1 is 1.37 bits per heavy atom. The van der Waals surface area contributed by atoms with Gasteiger partial charge in [-0.2, -0.15) is 4.31 Å². The number of alkyl halides is 1. The zero-order chi connectivity index (χ0) is 14.5. The van der Waals surface area contributed by atoms with Gasteiger partial charge in [-0.15, -0.1) is 11.6 Å². The lowest BCUT2D eigenvalue weighted by Crippen LogP contribution is -2.37. The van der Waals surface area contributed by atoms with Gasteiger partial charge >= 0.3 is 0 Å². The van der Waals surface area contributed by atoms with Crippen molar-refractivity contribution >= 4 is 21.6 Å². The Morgan fingerprint density at radius 3 is 2.53 bits per heavy atom. The summed E-state index contributed by atoms with van der Waals surface area (Å²) < 4.78 is 26.7. The third-order valence-corrected chi connectivity index (χ3v) is 5.37. The number of hydrogen-bond donors (Lipinski definition) is 1. The maximum Gasteiger partial charge on any atom is 0.244 e. The molecule has 4 nitrogen and oxygen atoms in total. The predicted octanol–water partition coefficient (Wildman–Crippen LogP) is 3.34. The molecule has 0 aliphatic carbocycles. The van der Waals surface area contributed by atoms with Crippen LogP contribution in [0, 0.1) is 0 Å². The Hall–Kier alpha value is -0.520. The van der Waals surface area contributed by atoms with Crippen LogP contribution in [-0.2, 0) is 15.9 Å². The minimum atomic E-state index is -3.43. The van der Waals surface area contributed by atoms with Crippen LogP contribution < -0.4 is 0 Å². The lowest BCUT2D eigenvalue weighted by atomic mass is 10.2. The standard InChI is InChI=1S/C13H23ClN2O2S/c1-4-5-6-7-16(11(2)3)19(17,18)13-8-12(9-14)15-10-13/h8,10-11,15H,4-7,9H2,1-3H3. The first-order valence-corrected chi connectivity index (χ1v) is 8.66. The van der Waals surface area contributed by atoms with Gasteiger partial charge in [-0.25, -0.2) is 8.42 Å².